The molecule has 6 heteroatoms. The number of fused-ring (bicyclic) bond motifs is 1. The smallest absolute Gasteiger partial charge is 0.262 e. The second-order valence-electron chi connectivity index (χ2n) is 6.63. The van der Waals surface area contributed by atoms with Crippen LogP contribution in [-0.2, 0) is 11.3 Å². The Kier molecular flexibility index (Phi) is 5.99. The number of para-hydroxylation sites is 2. The molecule has 0 aliphatic carbocycles. The summed E-state index contributed by atoms with van der Waals surface area (Å²) in [4.78, 5) is 30.2. The summed E-state index contributed by atoms with van der Waals surface area (Å²) in [7, 11) is 0. The molecule has 3 rings (SSSR count). The fourth-order valence-corrected chi connectivity index (χ4v) is 3.89. The molecule has 0 fully saturated rings. The average Bonchev–Trinajstić information content (AvgIpc) is 2.67. The van der Waals surface area contributed by atoms with Crippen molar-refractivity contribution in [1.29, 1.82) is 0 Å². The van der Waals surface area contributed by atoms with Gasteiger partial charge in [0, 0.05) is 12.2 Å². The number of rotatable bonds is 6. The van der Waals surface area contributed by atoms with E-state index in [9.17, 15) is 9.59 Å². The Labute approximate surface area is 168 Å². The molecular weight excluding hydrogens is 370 g/mol. The van der Waals surface area contributed by atoms with Crippen LogP contribution in [-0.4, -0.2) is 20.7 Å². The molecule has 0 bridgehead atoms. The van der Waals surface area contributed by atoms with Gasteiger partial charge in [0.05, 0.1) is 16.2 Å². The molecule has 28 heavy (non-hydrogen) atoms. The lowest BCUT2D eigenvalue weighted by Gasteiger charge is -2.17. The molecule has 0 saturated heterocycles. The van der Waals surface area contributed by atoms with Crippen molar-refractivity contribution in [1.82, 2.24) is 9.55 Å². The third-order valence-electron chi connectivity index (χ3n) is 4.52. The molecular formula is C22H23N3O2S. The number of aromatic nitrogens is 2. The quantitative estimate of drug-likeness (QED) is 0.385. The highest BCUT2D eigenvalue weighted by atomic mass is 32.2. The van der Waals surface area contributed by atoms with E-state index in [1.807, 2.05) is 51.1 Å². The summed E-state index contributed by atoms with van der Waals surface area (Å²) in [5.74, 6) is -0.130. The van der Waals surface area contributed by atoms with Crippen molar-refractivity contribution in [3.8, 4) is 0 Å². The van der Waals surface area contributed by atoms with Crippen LogP contribution in [0.3, 0.4) is 0 Å². The number of allylic oxidation sites excluding steroid dienone is 1. The minimum Gasteiger partial charge on any atom is -0.325 e. The Bertz CT molecular complexity index is 1080. The fourth-order valence-electron chi connectivity index (χ4n) is 2.98. The Morgan fingerprint density at radius 3 is 2.57 bits per heavy atom. The summed E-state index contributed by atoms with van der Waals surface area (Å²) in [5.41, 5.74) is 3.35. The first-order chi connectivity index (χ1) is 13.4. The third-order valence-corrected chi connectivity index (χ3v) is 5.61. The van der Waals surface area contributed by atoms with Gasteiger partial charge in [0.2, 0.25) is 5.91 Å². The van der Waals surface area contributed by atoms with Crippen LogP contribution in [0, 0.1) is 13.8 Å². The van der Waals surface area contributed by atoms with Crippen molar-refractivity contribution in [3.63, 3.8) is 0 Å². The van der Waals surface area contributed by atoms with Crippen molar-refractivity contribution < 1.29 is 4.79 Å². The van der Waals surface area contributed by atoms with Crippen LogP contribution in [0.15, 0.2) is 65.1 Å². The van der Waals surface area contributed by atoms with Crippen LogP contribution in [0.5, 0.6) is 0 Å². The third kappa shape index (κ3) is 4.02. The Morgan fingerprint density at radius 2 is 1.89 bits per heavy atom. The zero-order chi connectivity index (χ0) is 20.3. The van der Waals surface area contributed by atoms with E-state index in [1.54, 1.807) is 22.8 Å². The summed E-state index contributed by atoms with van der Waals surface area (Å²) in [6.07, 6.45) is 1.66. The minimum absolute atomic E-state index is 0.129. The molecule has 1 atom stereocenters. The maximum Gasteiger partial charge on any atom is 0.262 e. The van der Waals surface area contributed by atoms with Crippen molar-refractivity contribution in [2.75, 3.05) is 5.32 Å². The zero-order valence-corrected chi connectivity index (χ0v) is 17.0. The van der Waals surface area contributed by atoms with Crippen LogP contribution in [0.4, 0.5) is 5.69 Å². The fraction of sp³-hybridized carbons (Fsp3) is 0.227. The number of anilines is 1. The van der Waals surface area contributed by atoms with E-state index in [2.05, 4.69) is 16.9 Å². The first-order valence-corrected chi connectivity index (χ1v) is 9.94. The highest BCUT2D eigenvalue weighted by Gasteiger charge is 2.20. The van der Waals surface area contributed by atoms with Gasteiger partial charge in [0.25, 0.3) is 5.56 Å². The van der Waals surface area contributed by atoms with Gasteiger partial charge in [-0.2, -0.15) is 0 Å². The number of aryl methyl sites for hydroxylation is 2. The van der Waals surface area contributed by atoms with E-state index in [-0.39, 0.29) is 11.5 Å². The summed E-state index contributed by atoms with van der Waals surface area (Å²) in [5, 5.41) is 3.64. The predicted octanol–water partition coefficient (Wildman–Crippen LogP) is 4.32. The van der Waals surface area contributed by atoms with Crippen LogP contribution in [0.1, 0.15) is 18.1 Å². The molecule has 0 aliphatic rings. The Morgan fingerprint density at radius 1 is 1.21 bits per heavy atom. The standard InChI is InChI=1S/C22H23N3O2S/c1-5-13-25-21(27)17-11-6-7-12-18(17)23-22(25)28-16(4)20(26)24-19-14(2)9-8-10-15(19)3/h5-12,16H,1,13H2,2-4H3,(H,24,26). The summed E-state index contributed by atoms with van der Waals surface area (Å²) in [6, 6.07) is 13.1. The molecule has 2 aromatic carbocycles. The van der Waals surface area contributed by atoms with Gasteiger partial charge in [-0.25, -0.2) is 4.98 Å². The number of benzene rings is 2. The van der Waals surface area contributed by atoms with Crippen LogP contribution >= 0.6 is 11.8 Å². The van der Waals surface area contributed by atoms with E-state index in [4.69, 9.17) is 0 Å². The minimum atomic E-state index is -0.428. The molecule has 1 aromatic heterocycles. The lowest BCUT2D eigenvalue weighted by atomic mass is 10.1. The van der Waals surface area contributed by atoms with Gasteiger partial charge < -0.3 is 5.32 Å². The van der Waals surface area contributed by atoms with Crippen LogP contribution in [0.25, 0.3) is 10.9 Å². The number of amides is 1. The number of nitrogens with one attached hydrogen (secondary N) is 1. The van der Waals surface area contributed by atoms with Crippen LogP contribution < -0.4 is 10.9 Å². The molecule has 0 saturated carbocycles. The predicted molar refractivity (Wildman–Crippen MR) is 116 cm³/mol. The van der Waals surface area contributed by atoms with E-state index >= 15 is 0 Å². The first kappa shape index (κ1) is 19.9. The highest BCUT2D eigenvalue weighted by Crippen LogP contribution is 2.25. The average molecular weight is 394 g/mol. The van der Waals surface area contributed by atoms with E-state index in [1.165, 1.54) is 11.8 Å². The van der Waals surface area contributed by atoms with E-state index in [0.717, 1.165) is 16.8 Å². The second kappa shape index (κ2) is 8.44. The van der Waals surface area contributed by atoms with Gasteiger partial charge in [-0.1, -0.05) is 48.2 Å². The molecule has 0 radical (unpaired) electrons. The number of hydrogen-bond acceptors (Lipinski definition) is 4. The van der Waals surface area contributed by atoms with Crippen molar-refractivity contribution in [2.24, 2.45) is 0 Å². The topological polar surface area (TPSA) is 64.0 Å². The SMILES string of the molecule is C=CCn1c(SC(C)C(=O)Nc2c(C)cccc2C)nc2ccccc2c1=O. The molecule has 5 nitrogen and oxygen atoms in total. The molecule has 1 amide bonds. The zero-order valence-electron chi connectivity index (χ0n) is 16.2. The van der Waals surface area contributed by atoms with E-state index < -0.39 is 5.25 Å². The maximum absolute atomic E-state index is 12.8. The summed E-state index contributed by atoms with van der Waals surface area (Å²) < 4.78 is 1.56. The monoisotopic (exact) mass is 393 g/mol. The number of nitrogens with zero attached hydrogens (tertiary/aromatic N) is 2. The van der Waals surface area contributed by atoms with Gasteiger partial charge in [-0.05, 0) is 44.0 Å². The van der Waals surface area contributed by atoms with Crippen molar-refractivity contribution in [2.45, 2.75) is 37.7 Å². The van der Waals surface area contributed by atoms with E-state index in [0.29, 0.717) is 22.6 Å². The van der Waals surface area contributed by atoms with Crippen LogP contribution in [0.2, 0.25) is 0 Å². The largest absolute Gasteiger partial charge is 0.325 e. The number of carbonyl (C=O) groups excluding carboxylic acids is 1. The molecule has 1 unspecified atom stereocenters. The van der Waals surface area contributed by atoms with Crippen molar-refractivity contribution >= 4 is 34.3 Å². The maximum atomic E-state index is 12.8. The first-order valence-electron chi connectivity index (χ1n) is 9.06. The number of thioether (sulfide) groups is 1. The van der Waals surface area contributed by atoms with Gasteiger partial charge >= 0.3 is 0 Å². The number of carbonyl (C=O) groups is 1. The van der Waals surface area contributed by atoms with Gasteiger partial charge in [-0.3, -0.25) is 14.2 Å². The number of hydrogen-bond donors (Lipinski definition) is 1. The van der Waals surface area contributed by atoms with Gasteiger partial charge in [0.1, 0.15) is 0 Å². The Balaban J connectivity index is 1.91. The lowest BCUT2D eigenvalue weighted by Crippen LogP contribution is -2.27. The summed E-state index contributed by atoms with van der Waals surface area (Å²) in [6.45, 7) is 9.81. The normalized spacial score (nSPS) is 12.0. The molecule has 3 aromatic rings. The molecule has 1 heterocycles. The van der Waals surface area contributed by atoms with Crippen molar-refractivity contribution in [3.05, 3.63) is 76.6 Å². The second-order valence-corrected chi connectivity index (χ2v) is 7.94. The lowest BCUT2D eigenvalue weighted by molar-refractivity contribution is -0.115. The van der Waals surface area contributed by atoms with Gasteiger partial charge in [0.15, 0.2) is 5.16 Å². The van der Waals surface area contributed by atoms with Gasteiger partial charge in [-0.15, -0.1) is 6.58 Å². The molecule has 144 valence electrons. The summed E-state index contributed by atoms with van der Waals surface area (Å²) >= 11 is 1.27. The molecule has 1 N–H and O–H groups in total. The highest BCUT2D eigenvalue weighted by molar-refractivity contribution is 8.00. The Hall–Kier alpha value is -2.86. The molecule has 0 spiro atoms. The molecule has 0 aliphatic heterocycles.